The van der Waals surface area contributed by atoms with Gasteiger partial charge in [0.15, 0.2) is 0 Å². The second-order valence-electron chi connectivity index (χ2n) is 7.00. The molecule has 0 radical (unpaired) electrons. The van der Waals surface area contributed by atoms with E-state index in [9.17, 15) is 9.59 Å². The van der Waals surface area contributed by atoms with Crippen molar-refractivity contribution in [1.29, 1.82) is 0 Å². The van der Waals surface area contributed by atoms with E-state index < -0.39 is 0 Å². The van der Waals surface area contributed by atoms with Crippen LogP contribution in [-0.2, 0) is 0 Å². The Bertz CT molecular complexity index is 686. The third-order valence-electron chi connectivity index (χ3n) is 5.64. The van der Waals surface area contributed by atoms with E-state index in [1.807, 2.05) is 44.4 Å². The minimum Gasteiger partial charge on any atom is -0.324 e. The highest BCUT2D eigenvalue weighted by atomic mass is 16.2. The second-order valence-corrected chi connectivity index (χ2v) is 7.00. The maximum absolute atomic E-state index is 12.7. The number of benzene rings is 1. The fourth-order valence-corrected chi connectivity index (χ4v) is 4.06. The molecule has 2 aliphatic heterocycles. The smallest absolute Gasteiger partial charge is 0.321 e. The molecule has 6 heteroatoms. The molecular weight excluding hydrogens is 316 g/mol. The van der Waals surface area contributed by atoms with E-state index in [-0.39, 0.29) is 36.2 Å². The van der Waals surface area contributed by atoms with Crippen LogP contribution in [-0.4, -0.2) is 78.1 Å². The van der Waals surface area contributed by atoms with Crippen LogP contribution < -0.4 is 0 Å². The Morgan fingerprint density at radius 2 is 1.40 bits per heavy atom. The lowest BCUT2D eigenvalue weighted by Crippen LogP contribution is -2.73. The van der Waals surface area contributed by atoms with E-state index >= 15 is 0 Å². The zero-order valence-electron chi connectivity index (χ0n) is 15.5. The Labute approximate surface area is 149 Å². The fraction of sp³-hybridized carbons (Fsp3) is 0.474. The lowest BCUT2D eigenvalue weighted by Gasteiger charge is -2.57. The van der Waals surface area contributed by atoms with Gasteiger partial charge in [0.2, 0.25) is 0 Å². The van der Waals surface area contributed by atoms with E-state index in [1.54, 1.807) is 33.7 Å². The molecule has 0 saturated carbocycles. The number of nitrogens with zero attached hydrogens (tertiary/aromatic N) is 4. The first-order valence-corrected chi connectivity index (χ1v) is 8.57. The zero-order chi connectivity index (χ0) is 18.3. The van der Waals surface area contributed by atoms with Crippen molar-refractivity contribution in [3.63, 3.8) is 0 Å². The van der Waals surface area contributed by atoms with Gasteiger partial charge in [0.05, 0.1) is 6.04 Å². The molecule has 0 N–H and O–H groups in total. The molecular formula is C19H26N4O2. The maximum Gasteiger partial charge on any atom is 0.321 e. The standard InChI is InChI=1S/C19H26N4O2/c1-13-16-15(12-11-14-9-7-6-8-10-14)21(3)19(25)23(5)17(16)22(4)18(24)20(13)2/h6-13,15-17H,1-5H3/t13-,15-,16-,17-/m0/s1. The molecule has 6 nitrogen and oxygen atoms in total. The lowest BCUT2D eigenvalue weighted by molar-refractivity contribution is -0.0534. The molecule has 2 aliphatic rings. The summed E-state index contributed by atoms with van der Waals surface area (Å²) in [7, 11) is 7.21. The largest absolute Gasteiger partial charge is 0.324 e. The molecule has 2 fully saturated rings. The highest BCUT2D eigenvalue weighted by Crippen LogP contribution is 2.36. The fourth-order valence-electron chi connectivity index (χ4n) is 4.06. The first-order chi connectivity index (χ1) is 11.8. The SMILES string of the molecule is C[C@H]1[C@@H]2[C@@H](N(C)C(=O)N1C)N(C)C(=O)N(C)[C@H]2C=Cc1ccccc1. The van der Waals surface area contributed by atoms with Crippen molar-refractivity contribution in [1.82, 2.24) is 19.6 Å². The Kier molecular flexibility index (Phi) is 4.45. The number of rotatable bonds is 2. The average Bonchev–Trinajstić information content (AvgIpc) is 2.62. The Balaban J connectivity index is 1.99. The molecule has 0 aromatic heterocycles. The molecule has 2 saturated heterocycles. The normalized spacial score (nSPS) is 30.3. The summed E-state index contributed by atoms with van der Waals surface area (Å²) in [5, 5.41) is 0. The van der Waals surface area contributed by atoms with Gasteiger partial charge in [-0.2, -0.15) is 0 Å². The van der Waals surface area contributed by atoms with Gasteiger partial charge in [-0.15, -0.1) is 0 Å². The molecule has 4 amide bonds. The number of carbonyl (C=O) groups excluding carboxylic acids is 2. The van der Waals surface area contributed by atoms with E-state index in [2.05, 4.69) is 19.1 Å². The molecule has 0 spiro atoms. The molecule has 3 rings (SSSR count). The van der Waals surface area contributed by atoms with Crippen molar-refractivity contribution in [3.8, 4) is 0 Å². The van der Waals surface area contributed by atoms with Crippen molar-refractivity contribution >= 4 is 18.1 Å². The van der Waals surface area contributed by atoms with Crippen molar-refractivity contribution in [2.45, 2.75) is 25.2 Å². The summed E-state index contributed by atoms with van der Waals surface area (Å²) >= 11 is 0. The lowest BCUT2D eigenvalue weighted by atomic mass is 9.82. The van der Waals surface area contributed by atoms with Gasteiger partial charge < -0.3 is 19.6 Å². The van der Waals surface area contributed by atoms with Crippen molar-refractivity contribution in [3.05, 3.63) is 42.0 Å². The predicted molar refractivity (Wildman–Crippen MR) is 97.8 cm³/mol. The number of likely N-dealkylation sites (N-methyl/N-ethyl adjacent to an activating group) is 1. The molecule has 0 unspecified atom stereocenters. The molecule has 4 atom stereocenters. The molecule has 0 bridgehead atoms. The number of hydrogen-bond acceptors (Lipinski definition) is 2. The number of hydrogen-bond donors (Lipinski definition) is 0. The number of urea groups is 2. The van der Waals surface area contributed by atoms with Crippen LogP contribution in [0.5, 0.6) is 0 Å². The molecule has 2 heterocycles. The van der Waals surface area contributed by atoms with Crippen molar-refractivity contribution in [2.75, 3.05) is 28.2 Å². The summed E-state index contributed by atoms with van der Waals surface area (Å²) < 4.78 is 0. The molecule has 25 heavy (non-hydrogen) atoms. The van der Waals surface area contributed by atoms with Crippen LogP contribution in [0.2, 0.25) is 0 Å². The third-order valence-corrected chi connectivity index (χ3v) is 5.64. The highest BCUT2D eigenvalue weighted by Gasteiger charge is 2.52. The second kappa shape index (κ2) is 6.43. The van der Waals surface area contributed by atoms with Crippen molar-refractivity contribution in [2.24, 2.45) is 5.92 Å². The van der Waals surface area contributed by atoms with Crippen LogP contribution in [0.1, 0.15) is 12.5 Å². The minimum atomic E-state index is -0.243. The Morgan fingerprint density at radius 3 is 2.00 bits per heavy atom. The van der Waals surface area contributed by atoms with Crippen LogP contribution in [0.3, 0.4) is 0 Å². The summed E-state index contributed by atoms with van der Waals surface area (Å²) in [6.07, 6.45) is 3.90. The zero-order valence-corrected chi connectivity index (χ0v) is 15.5. The van der Waals surface area contributed by atoms with Gasteiger partial charge in [-0.3, -0.25) is 0 Å². The van der Waals surface area contributed by atoms with E-state index in [1.165, 1.54) is 0 Å². The van der Waals surface area contributed by atoms with Crippen LogP contribution in [0.25, 0.3) is 6.08 Å². The third kappa shape index (κ3) is 2.75. The average molecular weight is 342 g/mol. The Hall–Kier alpha value is -2.50. The minimum absolute atomic E-state index is 0.0251. The van der Waals surface area contributed by atoms with Gasteiger partial charge in [0, 0.05) is 40.2 Å². The van der Waals surface area contributed by atoms with Gasteiger partial charge in [0.1, 0.15) is 6.17 Å². The van der Waals surface area contributed by atoms with Gasteiger partial charge in [-0.05, 0) is 12.5 Å². The quantitative estimate of drug-likeness (QED) is 0.828. The van der Waals surface area contributed by atoms with E-state index in [4.69, 9.17) is 0 Å². The molecule has 1 aromatic rings. The van der Waals surface area contributed by atoms with E-state index in [0.717, 1.165) is 5.56 Å². The topological polar surface area (TPSA) is 47.1 Å². The van der Waals surface area contributed by atoms with Crippen LogP contribution in [0, 0.1) is 5.92 Å². The molecule has 1 aromatic carbocycles. The van der Waals surface area contributed by atoms with Crippen molar-refractivity contribution < 1.29 is 9.59 Å². The summed E-state index contributed by atoms with van der Waals surface area (Å²) in [5.74, 6) is 0.0976. The molecule has 0 aliphatic carbocycles. The van der Waals surface area contributed by atoms with Crippen LogP contribution >= 0.6 is 0 Å². The molecule has 134 valence electrons. The summed E-state index contributed by atoms with van der Waals surface area (Å²) in [6.45, 7) is 2.06. The first-order valence-electron chi connectivity index (χ1n) is 8.57. The number of carbonyl (C=O) groups is 2. The summed E-state index contributed by atoms with van der Waals surface area (Å²) in [4.78, 5) is 32.1. The number of fused-ring (bicyclic) bond motifs is 1. The van der Waals surface area contributed by atoms with Gasteiger partial charge >= 0.3 is 12.1 Å². The van der Waals surface area contributed by atoms with Crippen LogP contribution in [0.4, 0.5) is 9.59 Å². The van der Waals surface area contributed by atoms with Gasteiger partial charge in [-0.1, -0.05) is 42.5 Å². The van der Waals surface area contributed by atoms with E-state index in [0.29, 0.717) is 0 Å². The monoisotopic (exact) mass is 342 g/mol. The van der Waals surface area contributed by atoms with Gasteiger partial charge in [-0.25, -0.2) is 9.59 Å². The highest BCUT2D eigenvalue weighted by molar-refractivity contribution is 5.80. The predicted octanol–water partition coefficient (Wildman–Crippen LogP) is 2.39. The van der Waals surface area contributed by atoms with Gasteiger partial charge in [0.25, 0.3) is 0 Å². The maximum atomic E-state index is 12.7. The number of amides is 4. The summed E-state index contributed by atoms with van der Waals surface area (Å²) in [6, 6.07) is 9.87. The summed E-state index contributed by atoms with van der Waals surface area (Å²) in [5.41, 5.74) is 1.10. The Morgan fingerprint density at radius 1 is 0.840 bits per heavy atom. The first kappa shape index (κ1) is 17.3. The van der Waals surface area contributed by atoms with Crippen LogP contribution in [0.15, 0.2) is 36.4 Å².